The zero-order chi connectivity index (χ0) is 6.74. The highest BCUT2D eigenvalue weighted by Gasteiger charge is 2.28. The Labute approximate surface area is 53.3 Å². The van der Waals surface area contributed by atoms with E-state index in [0.717, 1.165) is 6.29 Å². The molecule has 0 unspecified atom stereocenters. The number of carbonyl (C=O) groups is 1. The highest BCUT2D eigenvalue weighted by atomic mass is 16.7. The van der Waals surface area contributed by atoms with Crippen LogP contribution in [-0.2, 0) is 14.3 Å². The Balaban J connectivity index is 2.44. The van der Waals surface area contributed by atoms with Crippen LogP contribution in [0.25, 0.3) is 0 Å². The molecule has 0 atom stereocenters. The molecule has 9 heavy (non-hydrogen) atoms. The summed E-state index contributed by atoms with van der Waals surface area (Å²) in [6.07, 6.45) is 3.90. The van der Waals surface area contributed by atoms with Crippen LogP contribution in [0.3, 0.4) is 0 Å². The third-order valence-corrected chi connectivity index (χ3v) is 1.14. The zero-order valence-electron chi connectivity index (χ0n) is 5.16. The monoisotopic (exact) mass is 128 g/mol. The molecule has 0 saturated carbocycles. The predicted molar refractivity (Wildman–Crippen MR) is 30.4 cm³/mol. The van der Waals surface area contributed by atoms with Crippen LogP contribution in [0.2, 0.25) is 0 Å². The molecule has 0 aromatic heterocycles. The molecule has 0 aliphatic carbocycles. The van der Waals surface area contributed by atoms with Crippen LogP contribution >= 0.6 is 0 Å². The van der Waals surface area contributed by atoms with Gasteiger partial charge in [0.25, 0.3) is 5.79 Å². The molecule has 3 heteroatoms. The standard InChI is InChI=1S/C6H8O3/c1-6(2-3-7)8-4-5-9-6/h3-5H,2H2,1H3. The number of hydrogen-bond donors (Lipinski definition) is 0. The quantitative estimate of drug-likeness (QED) is 0.516. The third kappa shape index (κ3) is 1.22. The summed E-state index contributed by atoms with van der Waals surface area (Å²) >= 11 is 0. The van der Waals surface area contributed by atoms with Crippen LogP contribution in [0, 0.1) is 0 Å². The van der Waals surface area contributed by atoms with E-state index in [9.17, 15) is 4.79 Å². The lowest BCUT2D eigenvalue weighted by molar-refractivity contribution is -0.141. The second-order valence-electron chi connectivity index (χ2n) is 2.01. The van der Waals surface area contributed by atoms with E-state index in [1.54, 1.807) is 6.92 Å². The molecule has 1 heterocycles. The van der Waals surface area contributed by atoms with E-state index in [4.69, 9.17) is 9.47 Å². The smallest absolute Gasteiger partial charge is 0.253 e. The molecule has 0 saturated heterocycles. The van der Waals surface area contributed by atoms with E-state index in [1.807, 2.05) is 0 Å². The van der Waals surface area contributed by atoms with Crippen LogP contribution in [0.4, 0.5) is 0 Å². The highest BCUT2D eigenvalue weighted by Crippen LogP contribution is 2.21. The van der Waals surface area contributed by atoms with Gasteiger partial charge < -0.3 is 14.3 Å². The summed E-state index contributed by atoms with van der Waals surface area (Å²) in [5, 5.41) is 0. The Morgan fingerprint density at radius 1 is 1.56 bits per heavy atom. The molecule has 0 aromatic carbocycles. The molecule has 0 bridgehead atoms. The van der Waals surface area contributed by atoms with Crippen molar-refractivity contribution in [2.45, 2.75) is 19.1 Å². The lowest BCUT2D eigenvalue weighted by atomic mass is 10.2. The molecule has 50 valence electrons. The molecule has 0 spiro atoms. The highest BCUT2D eigenvalue weighted by molar-refractivity contribution is 5.50. The summed E-state index contributed by atoms with van der Waals surface area (Å²) in [5.41, 5.74) is 0. The number of rotatable bonds is 2. The maximum absolute atomic E-state index is 9.98. The van der Waals surface area contributed by atoms with Crippen LogP contribution < -0.4 is 0 Å². The van der Waals surface area contributed by atoms with Gasteiger partial charge in [-0.25, -0.2) is 0 Å². The minimum Gasteiger partial charge on any atom is -0.457 e. The van der Waals surface area contributed by atoms with Crippen molar-refractivity contribution in [1.82, 2.24) is 0 Å². The minimum atomic E-state index is -0.734. The van der Waals surface area contributed by atoms with E-state index in [1.165, 1.54) is 12.5 Å². The molecule has 0 aromatic rings. The lowest BCUT2D eigenvalue weighted by Gasteiger charge is -2.19. The van der Waals surface area contributed by atoms with Crippen molar-refractivity contribution in [2.24, 2.45) is 0 Å². The van der Waals surface area contributed by atoms with E-state index in [-0.39, 0.29) is 6.42 Å². The van der Waals surface area contributed by atoms with Gasteiger partial charge in [-0.1, -0.05) is 0 Å². The Morgan fingerprint density at radius 2 is 2.11 bits per heavy atom. The van der Waals surface area contributed by atoms with Gasteiger partial charge in [0, 0.05) is 6.92 Å². The van der Waals surface area contributed by atoms with E-state index in [0.29, 0.717) is 0 Å². The number of aldehydes is 1. The average Bonchev–Trinajstić information content (AvgIpc) is 2.16. The zero-order valence-corrected chi connectivity index (χ0v) is 5.16. The summed E-state index contributed by atoms with van der Waals surface area (Å²) in [4.78, 5) is 9.98. The van der Waals surface area contributed by atoms with Crippen LogP contribution in [0.15, 0.2) is 12.5 Å². The first-order valence-electron chi connectivity index (χ1n) is 2.71. The molecule has 0 radical (unpaired) electrons. The Morgan fingerprint density at radius 3 is 2.56 bits per heavy atom. The molecule has 0 N–H and O–H groups in total. The number of ether oxygens (including phenoxy) is 2. The second-order valence-corrected chi connectivity index (χ2v) is 2.01. The summed E-state index contributed by atoms with van der Waals surface area (Å²) in [5.74, 6) is -0.734. The van der Waals surface area contributed by atoms with Crippen LogP contribution in [-0.4, -0.2) is 12.1 Å². The van der Waals surface area contributed by atoms with Gasteiger partial charge in [-0.15, -0.1) is 0 Å². The Hall–Kier alpha value is -0.990. The van der Waals surface area contributed by atoms with Crippen molar-refractivity contribution in [3.8, 4) is 0 Å². The van der Waals surface area contributed by atoms with Gasteiger partial charge in [-0.3, -0.25) is 0 Å². The van der Waals surface area contributed by atoms with Crippen molar-refractivity contribution in [1.29, 1.82) is 0 Å². The van der Waals surface area contributed by atoms with E-state index in [2.05, 4.69) is 0 Å². The molecule has 1 aliphatic rings. The summed E-state index contributed by atoms with van der Waals surface area (Å²) in [6.45, 7) is 1.71. The number of carbonyl (C=O) groups excluding carboxylic acids is 1. The molecule has 0 amide bonds. The van der Waals surface area contributed by atoms with Crippen LogP contribution in [0.1, 0.15) is 13.3 Å². The maximum atomic E-state index is 9.98. The molecule has 1 aliphatic heterocycles. The summed E-state index contributed by atoms with van der Waals surface area (Å²) in [7, 11) is 0. The fourth-order valence-electron chi connectivity index (χ4n) is 0.619. The van der Waals surface area contributed by atoms with Crippen molar-refractivity contribution in [3.63, 3.8) is 0 Å². The first-order chi connectivity index (χ1) is 4.27. The summed E-state index contributed by atoms with van der Waals surface area (Å²) in [6, 6.07) is 0. The third-order valence-electron chi connectivity index (χ3n) is 1.14. The Kier molecular flexibility index (Phi) is 1.42. The topological polar surface area (TPSA) is 35.5 Å². The van der Waals surface area contributed by atoms with Gasteiger partial charge >= 0.3 is 0 Å². The van der Waals surface area contributed by atoms with Gasteiger partial charge in [0.15, 0.2) is 0 Å². The van der Waals surface area contributed by atoms with Gasteiger partial charge in [-0.2, -0.15) is 0 Å². The largest absolute Gasteiger partial charge is 0.457 e. The SMILES string of the molecule is CC1(CC=O)OC=CO1. The van der Waals surface area contributed by atoms with Crippen molar-refractivity contribution in [3.05, 3.63) is 12.5 Å². The maximum Gasteiger partial charge on any atom is 0.253 e. The normalized spacial score (nSPS) is 20.6. The molecular weight excluding hydrogens is 120 g/mol. The van der Waals surface area contributed by atoms with E-state index >= 15 is 0 Å². The fraction of sp³-hybridized carbons (Fsp3) is 0.500. The average molecular weight is 128 g/mol. The van der Waals surface area contributed by atoms with Gasteiger partial charge in [-0.05, 0) is 0 Å². The van der Waals surface area contributed by atoms with Crippen LogP contribution in [0.5, 0.6) is 0 Å². The molecule has 1 rings (SSSR count). The van der Waals surface area contributed by atoms with Gasteiger partial charge in [0.05, 0.1) is 6.42 Å². The molecule has 0 fully saturated rings. The predicted octanol–water partition coefficient (Wildman–Crippen LogP) is 0.810. The molecular formula is C6H8O3. The van der Waals surface area contributed by atoms with Crippen molar-refractivity contribution < 1.29 is 14.3 Å². The number of hydrogen-bond acceptors (Lipinski definition) is 3. The first kappa shape index (κ1) is 6.13. The van der Waals surface area contributed by atoms with Crippen molar-refractivity contribution >= 4 is 6.29 Å². The molecule has 3 nitrogen and oxygen atoms in total. The fourth-order valence-corrected chi connectivity index (χ4v) is 0.619. The first-order valence-corrected chi connectivity index (χ1v) is 2.71. The van der Waals surface area contributed by atoms with Crippen molar-refractivity contribution in [2.75, 3.05) is 0 Å². The van der Waals surface area contributed by atoms with Gasteiger partial charge in [0.1, 0.15) is 18.8 Å². The minimum absolute atomic E-state index is 0.264. The van der Waals surface area contributed by atoms with Gasteiger partial charge in [0.2, 0.25) is 0 Å². The summed E-state index contributed by atoms with van der Waals surface area (Å²) < 4.78 is 9.89. The second kappa shape index (κ2) is 2.09. The Bertz CT molecular complexity index is 131. The van der Waals surface area contributed by atoms with E-state index < -0.39 is 5.79 Å². The lowest BCUT2D eigenvalue weighted by Crippen LogP contribution is -2.25.